The fourth-order valence-electron chi connectivity index (χ4n) is 9.31. The van der Waals surface area contributed by atoms with Crippen LogP contribution in [-0.2, 0) is 0 Å². The fraction of sp³-hybridized carbons (Fsp3) is 0.0943. The summed E-state index contributed by atoms with van der Waals surface area (Å²) >= 11 is 0. The molecule has 3 heterocycles. The van der Waals surface area contributed by atoms with Crippen molar-refractivity contribution in [2.45, 2.75) is 31.7 Å². The van der Waals surface area contributed by atoms with E-state index < -0.39 is 8.80 Å². The first-order chi connectivity index (χ1) is 28.2. The third-order valence-corrected chi connectivity index (χ3v) is 14.7. The van der Waals surface area contributed by atoms with Crippen LogP contribution in [0.5, 0.6) is 0 Å². The molecule has 0 saturated carbocycles. The minimum atomic E-state index is -0.708. The number of nitrogens with zero attached hydrogens (tertiary/aromatic N) is 3. The van der Waals surface area contributed by atoms with Gasteiger partial charge in [-0.15, -0.1) is 0 Å². The minimum absolute atomic E-state index is 0.254. The Morgan fingerprint density at radius 3 is 1.89 bits per heavy atom. The molecule has 271 valence electrons. The summed E-state index contributed by atoms with van der Waals surface area (Å²) in [6.07, 6.45) is 5.35. The SMILES string of the molecule is C[Si]1c2ccccc2-c2cc(-c3ccc(-n4c5ccccc5c5c(C6=CCC(c7nc(-c8ccccc8)cc(-c8ccccc8)n7)CC6)cccc54)cc3)ccc21. The van der Waals surface area contributed by atoms with Crippen LogP contribution in [0.3, 0.4) is 0 Å². The van der Waals surface area contributed by atoms with E-state index in [0.29, 0.717) is 0 Å². The lowest BCUT2D eigenvalue weighted by Gasteiger charge is -2.23. The van der Waals surface area contributed by atoms with Crippen molar-refractivity contribution in [1.29, 1.82) is 0 Å². The number of fused-ring (bicyclic) bond motifs is 6. The van der Waals surface area contributed by atoms with Crippen molar-refractivity contribution in [3.8, 4) is 50.5 Å². The fourth-order valence-corrected chi connectivity index (χ4v) is 11.5. The van der Waals surface area contributed by atoms with E-state index in [1.165, 1.54) is 71.3 Å². The minimum Gasteiger partial charge on any atom is -0.309 e. The van der Waals surface area contributed by atoms with Gasteiger partial charge in [0.1, 0.15) is 14.6 Å². The molecule has 0 saturated heterocycles. The van der Waals surface area contributed by atoms with E-state index in [4.69, 9.17) is 9.97 Å². The molecule has 1 aliphatic carbocycles. The molecule has 0 N–H and O–H groups in total. The molecule has 57 heavy (non-hydrogen) atoms. The quantitative estimate of drug-likeness (QED) is 0.159. The predicted molar refractivity (Wildman–Crippen MR) is 240 cm³/mol. The topological polar surface area (TPSA) is 30.7 Å². The zero-order valence-electron chi connectivity index (χ0n) is 31.9. The maximum atomic E-state index is 5.19. The molecule has 2 aromatic heterocycles. The molecule has 9 aromatic rings. The van der Waals surface area contributed by atoms with Crippen LogP contribution in [0.4, 0.5) is 0 Å². The van der Waals surface area contributed by atoms with Gasteiger partial charge in [-0.25, -0.2) is 9.97 Å². The molecular weight excluding hydrogens is 707 g/mol. The van der Waals surface area contributed by atoms with Gasteiger partial charge < -0.3 is 4.57 Å². The predicted octanol–water partition coefficient (Wildman–Crippen LogP) is 12.1. The highest BCUT2D eigenvalue weighted by atomic mass is 28.3. The molecular formula is C53H40N3Si. The van der Waals surface area contributed by atoms with Gasteiger partial charge in [0.25, 0.3) is 0 Å². The molecule has 0 spiro atoms. The molecule has 0 amide bonds. The molecule has 1 radical (unpaired) electrons. The summed E-state index contributed by atoms with van der Waals surface area (Å²) in [5, 5.41) is 5.66. The maximum Gasteiger partial charge on any atom is 0.133 e. The zero-order valence-corrected chi connectivity index (χ0v) is 32.9. The Labute approximate surface area is 335 Å². The van der Waals surface area contributed by atoms with Crippen molar-refractivity contribution in [1.82, 2.24) is 14.5 Å². The second-order valence-corrected chi connectivity index (χ2v) is 17.8. The molecule has 2 aliphatic rings. The van der Waals surface area contributed by atoms with Gasteiger partial charge in [-0.05, 0) is 99.4 Å². The zero-order chi connectivity index (χ0) is 37.9. The van der Waals surface area contributed by atoms with E-state index in [2.05, 4.69) is 193 Å². The molecule has 3 nitrogen and oxygen atoms in total. The molecule has 0 bridgehead atoms. The Balaban J connectivity index is 0.937. The van der Waals surface area contributed by atoms with E-state index in [0.717, 1.165) is 47.6 Å². The number of rotatable bonds is 6. The largest absolute Gasteiger partial charge is 0.309 e. The summed E-state index contributed by atoms with van der Waals surface area (Å²) in [7, 11) is -0.708. The summed E-state index contributed by atoms with van der Waals surface area (Å²) in [4.78, 5) is 10.4. The van der Waals surface area contributed by atoms with E-state index >= 15 is 0 Å². The third kappa shape index (κ3) is 5.79. The van der Waals surface area contributed by atoms with Crippen molar-refractivity contribution in [3.63, 3.8) is 0 Å². The van der Waals surface area contributed by atoms with Gasteiger partial charge >= 0.3 is 0 Å². The number of allylic oxidation sites excluding steroid dienone is 2. The smallest absolute Gasteiger partial charge is 0.133 e. The van der Waals surface area contributed by atoms with Crippen molar-refractivity contribution < 1.29 is 0 Å². The van der Waals surface area contributed by atoms with Crippen LogP contribution in [0.15, 0.2) is 182 Å². The lowest BCUT2D eigenvalue weighted by molar-refractivity contribution is 0.591. The Morgan fingerprint density at radius 1 is 0.526 bits per heavy atom. The van der Waals surface area contributed by atoms with Crippen LogP contribution in [0.2, 0.25) is 6.55 Å². The highest BCUT2D eigenvalue weighted by molar-refractivity contribution is 6.88. The standard InChI is InChI=1S/C53H40N3Si/c1-57-50-22-11-9-17-43(50)45-33-40(29-32-51(45)57)35-27-30-41(31-28-35)56-48-20-10-8-18-44(48)52-42(19-12-21-49(52)56)36-23-25-39(26-24-36)53-54-46(37-13-4-2-5-14-37)34-47(55-53)38-15-6-3-7-16-38/h2-23,27-34,39H,24-26H2,1H3. The van der Waals surface area contributed by atoms with Crippen LogP contribution in [-0.4, -0.2) is 23.3 Å². The second-order valence-electron chi connectivity index (χ2n) is 15.5. The molecule has 1 atom stereocenters. The lowest BCUT2D eigenvalue weighted by Crippen LogP contribution is -2.34. The van der Waals surface area contributed by atoms with Crippen LogP contribution in [0.1, 0.15) is 36.6 Å². The van der Waals surface area contributed by atoms with E-state index in [-0.39, 0.29) is 5.92 Å². The van der Waals surface area contributed by atoms with Crippen molar-refractivity contribution in [2.24, 2.45) is 0 Å². The van der Waals surface area contributed by atoms with Gasteiger partial charge in [0, 0.05) is 33.5 Å². The van der Waals surface area contributed by atoms with Crippen LogP contribution < -0.4 is 10.4 Å². The first kappa shape index (κ1) is 33.7. The van der Waals surface area contributed by atoms with E-state index in [9.17, 15) is 0 Å². The average molecular weight is 747 g/mol. The maximum absolute atomic E-state index is 5.19. The summed E-state index contributed by atoms with van der Waals surface area (Å²) in [6, 6.07) is 64.1. The summed E-state index contributed by atoms with van der Waals surface area (Å²) < 4.78 is 2.45. The van der Waals surface area contributed by atoms with Gasteiger partial charge in [-0.1, -0.05) is 152 Å². The number of aromatic nitrogens is 3. The van der Waals surface area contributed by atoms with E-state index in [1.54, 1.807) is 0 Å². The van der Waals surface area contributed by atoms with Crippen molar-refractivity contribution in [2.75, 3.05) is 0 Å². The summed E-state index contributed by atoms with van der Waals surface area (Å²) in [5.41, 5.74) is 15.9. The first-order valence-corrected chi connectivity index (χ1v) is 22.1. The van der Waals surface area contributed by atoms with E-state index in [1.807, 2.05) is 0 Å². The molecule has 7 aromatic carbocycles. The van der Waals surface area contributed by atoms with Gasteiger partial charge in [0.2, 0.25) is 0 Å². The normalized spacial score (nSPS) is 15.1. The molecule has 11 rings (SSSR count). The van der Waals surface area contributed by atoms with Crippen molar-refractivity contribution >= 4 is 46.5 Å². The Bertz CT molecular complexity index is 2940. The molecule has 0 fully saturated rings. The highest BCUT2D eigenvalue weighted by Crippen LogP contribution is 2.42. The van der Waals surface area contributed by atoms with Crippen LogP contribution in [0, 0.1) is 0 Å². The summed E-state index contributed by atoms with van der Waals surface area (Å²) in [5.74, 6) is 1.19. The molecule has 1 aliphatic heterocycles. The monoisotopic (exact) mass is 746 g/mol. The van der Waals surface area contributed by atoms with Crippen LogP contribution in [0.25, 0.3) is 77.8 Å². The van der Waals surface area contributed by atoms with Crippen molar-refractivity contribution in [3.05, 3.63) is 193 Å². The number of benzene rings is 7. The van der Waals surface area contributed by atoms with Gasteiger partial charge in [0.15, 0.2) is 0 Å². The highest BCUT2D eigenvalue weighted by Gasteiger charge is 2.27. The first-order valence-electron chi connectivity index (χ1n) is 20.1. The number of hydrogen-bond acceptors (Lipinski definition) is 2. The van der Waals surface area contributed by atoms with Gasteiger partial charge in [-0.2, -0.15) is 0 Å². The Hall–Kier alpha value is -6.62. The number of hydrogen-bond donors (Lipinski definition) is 0. The third-order valence-electron chi connectivity index (χ3n) is 12.2. The summed E-state index contributed by atoms with van der Waals surface area (Å²) in [6.45, 7) is 2.42. The van der Waals surface area contributed by atoms with Gasteiger partial charge in [0.05, 0.1) is 22.4 Å². The Kier molecular flexibility index (Phi) is 8.18. The Morgan fingerprint density at radius 2 is 1.16 bits per heavy atom. The molecule has 4 heteroatoms. The average Bonchev–Trinajstić information content (AvgIpc) is 3.78. The number of para-hydroxylation sites is 1. The van der Waals surface area contributed by atoms with Gasteiger partial charge in [-0.3, -0.25) is 0 Å². The lowest BCUT2D eigenvalue weighted by atomic mass is 9.84. The second kappa shape index (κ2) is 13.8. The molecule has 1 unspecified atom stereocenters. The van der Waals surface area contributed by atoms with Crippen LogP contribution >= 0.6 is 0 Å².